The monoisotopic (exact) mass is 304 g/mol. The molecule has 0 unspecified atom stereocenters. The van der Waals surface area contributed by atoms with Crippen molar-refractivity contribution >= 4 is 5.97 Å². The van der Waals surface area contributed by atoms with Gasteiger partial charge in [-0.25, -0.2) is 4.79 Å². The van der Waals surface area contributed by atoms with Crippen molar-refractivity contribution in [3.8, 4) is 0 Å². The van der Waals surface area contributed by atoms with Gasteiger partial charge in [-0.05, 0) is 62.1 Å². The standard InChI is InChI=1S/C18H26O2.C2H6/c1-5-17(2,3)15-10-8-14(9-11-15)16(19)20-18(4)12-6-7-13-18;1-2/h8-11H,5-7,12-13H2,1-4H3;1-2H3. The van der Waals surface area contributed by atoms with Crippen molar-refractivity contribution in [2.75, 3.05) is 0 Å². The Kier molecular flexibility index (Phi) is 6.65. The molecule has 1 aromatic rings. The van der Waals surface area contributed by atoms with Crippen molar-refractivity contribution in [3.63, 3.8) is 0 Å². The van der Waals surface area contributed by atoms with Crippen molar-refractivity contribution in [2.24, 2.45) is 0 Å². The third-order valence-electron chi connectivity index (χ3n) is 4.79. The van der Waals surface area contributed by atoms with Crippen LogP contribution in [0.3, 0.4) is 0 Å². The summed E-state index contributed by atoms with van der Waals surface area (Å²) in [6, 6.07) is 7.90. The van der Waals surface area contributed by atoms with Gasteiger partial charge < -0.3 is 4.74 Å². The number of carbonyl (C=O) groups excluding carboxylic acids is 1. The highest BCUT2D eigenvalue weighted by atomic mass is 16.6. The molecule has 1 aliphatic rings. The van der Waals surface area contributed by atoms with Gasteiger partial charge in [-0.1, -0.05) is 46.8 Å². The number of carbonyl (C=O) groups is 1. The molecule has 2 heteroatoms. The highest BCUT2D eigenvalue weighted by Crippen LogP contribution is 2.33. The molecule has 0 amide bonds. The van der Waals surface area contributed by atoms with E-state index in [9.17, 15) is 4.79 Å². The molecule has 22 heavy (non-hydrogen) atoms. The van der Waals surface area contributed by atoms with E-state index >= 15 is 0 Å². The van der Waals surface area contributed by atoms with Gasteiger partial charge in [0, 0.05) is 0 Å². The SMILES string of the molecule is CC.CCC(C)(C)c1ccc(C(=O)OC2(C)CCCC2)cc1. The van der Waals surface area contributed by atoms with Crippen molar-refractivity contribution in [1.82, 2.24) is 0 Å². The molecule has 0 heterocycles. The summed E-state index contributed by atoms with van der Waals surface area (Å²) in [5, 5.41) is 0. The van der Waals surface area contributed by atoms with E-state index < -0.39 is 0 Å². The lowest BCUT2D eigenvalue weighted by atomic mass is 9.82. The van der Waals surface area contributed by atoms with E-state index in [1.165, 1.54) is 5.56 Å². The normalized spacial score (nSPS) is 16.6. The highest BCUT2D eigenvalue weighted by molar-refractivity contribution is 5.89. The second-order valence-corrected chi connectivity index (χ2v) is 6.86. The molecule has 1 aliphatic carbocycles. The van der Waals surface area contributed by atoms with Gasteiger partial charge in [-0.15, -0.1) is 0 Å². The number of benzene rings is 1. The first-order valence-electron chi connectivity index (χ1n) is 8.70. The Balaban J connectivity index is 0.00000116. The summed E-state index contributed by atoms with van der Waals surface area (Å²) in [6.45, 7) is 12.7. The van der Waals surface area contributed by atoms with Crippen molar-refractivity contribution in [3.05, 3.63) is 35.4 Å². The largest absolute Gasteiger partial charge is 0.456 e. The maximum Gasteiger partial charge on any atom is 0.338 e. The van der Waals surface area contributed by atoms with Gasteiger partial charge in [0.2, 0.25) is 0 Å². The van der Waals surface area contributed by atoms with Crippen molar-refractivity contribution in [1.29, 1.82) is 0 Å². The van der Waals surface area contributed by atoms with Gasteiger partial charge in [-0.2, -0.15) is 0 Å². The molecule has 0 radical (unpaired) electrons. The smallest absolute Gasteiger partial charge is 0.338 e. The van der Waals surface area contributed by atoms with Gasteiger partial charge in [0.05, 0.1) is 5.56 Å². The minimum Gasteiger partial charge on any atom is -0.456 e. The zero-order chi connectivity index (χ0) is 16.8. The van der Waals surface area contributed by atoms with E-state index in [2.05, 4.69) is 32.9 Å². The fourth-order valence-corrected chi connectivity index (χ4v) is 2.77. The molecule has 2 rings (SSSR count). The second-order valence-electron chi connectivity index (χ2n) is 6.86. The summed E-state index contributed by atoms with van der Waals surface area (Å²) in [5.41, 5.74) is 1.83. The van der Waals surface area contributed by atoms with Gasteiger partial charge >= 0.3 is 5.97 Å². The van der Waals surface area contributed by atoms with Gasteiger partial charge in [-0.3, -0.25) is 0 Å². The molecule has 0 spiro atoms. The minimum absolute atomic E-state index is 0.153. The first-order chi connectivity index (χ1) is 10.4. The van der Waals surface area contributed by atoms with E-state index in [-0.39, 0.29) is 17.0 Å². The minimum atomic E-state index is -0.252. The molecular formula is C20H32O2. The molecule has 0 aromatic heterocycles. The molecule has 0 N–H and O–H groups in total. The van der Waals surface area contributed by atoms with Crippen LogP contribution in [-0.4, -0.2) is 11.6 Å². The summed E-state index contributed by atoms with van der Waals surface area (Å²) < 4.78 is 5.70. The number of hydrogen-bond donors (Lipinski definition) is 0. The zero-order valence-electron chi connectivity index (χ0n) is 15.2. The average molecular weight is 304 g/mol. The average Bonchev–Trinajstić information content (AvgIpc) is 2.95. The van der Waals surface area contributed by atoms with Crippen LogP contribution < -0.4 is 0 Å². The first kappa shape index (κ1) is 18.7. The molecule has 0 atom stereocenters. The van der Waals surface area contributed by atoms with Crippen LogP contribution in [0.1, 0.15) is 89.6 Å². The zero-order valence-corrected chi connectivity index (χ0v) is 15.2. The fourth-order valence-electron chi connectivity index (χ4n) is 2.77. The molecule has 1 saturated carbocycles. The summed E-state index contributed by atoms with van der Waals surface area (Å²) in [5.74, 6) is -0.185. The van der Waals surface area contributed by atoms with Crippen molar-refractivity contribution in [2.45, 2.75) is 84.7 Å². The molecule has 124 valence electrons. The summed E-state index contributed by atoms with van der Waals surface area (Å²) in [7, 11) is 0. The third kappa shape index (κ3) is 4.59. The first-order valence-corrected chi connectivity index (χ1v) is 8.70. The summed E-state index contributed by atoms with van der Waals surface area (Å²) in [4.78, 5) is 12.2. The van der Waals surface area contributed by atoms with Crippen LogP contribution in [0.5, 0.6) is 0 Å². The Hall–Kier alpha value is -1.31. The lowest BCUT2D eigenvalue weighted by molar-refractivity contribution is -0.00609. The number of rotatable bonds is 4. The lowest BCUT2D eigenvalue weighted by Gasteiger charge is -2.25. The molecule has 0 saturated heterocycles. The summed E-state index contributed by atoms with van der Waals surface area (Å²) in [6.07, 6.45) is 5.37. The molecule has 0 bridgehead atoms. The van der Waals surface area contributed by atoms with Crippen LogP contribution in [-0.2, 0) is 10.2 Å². The van der Waals surface area contributed by atoms with Crippen molar-refractivity contribution < 1.29 is 9.53 Å². The fraction of sp³-hybridized carbons (Fsp3) is 0.650. The second kappa shape index (κ2) is 7.80. The Labute approximate surface area is 136 Å². The molecule has 2 nitrogen and oxygen atoms in total. The Morgan fingerprint density at radius 2 is 1.64 bits per heavy atom. The molecule has 0 aliphatic heterocycles. The molecule has 1 aromatic carbocycles. The predicted octanol–water partition coefficient (Wildman–Crippen LogP) is 5.89. The Morgan fingerprint density at radius 3 is 2.09 bits per heavy atom. The van der Waals surface area contributed by atoms with E-state index in [1.54, 1.807) is 0 Å². The van der Waals surface area contributed by atoms with Crippen LogP contribution in [0.15, 0.2) is 24.3 Å². The van der Waals surface area contributed by atoms with Crippen LogP contribution >= 0.6 is 0 Å². The maximum absolute atomic E-state index is 12.2. The van der Waals surface area contributed by atoms with Gasteiger partial charge in [0.15, 0.2) is 0 Å². The summed E-state index contributed by atoms with van der Waals surface area (Å²) >= 11 is 0. The lowest BCUT2D eigenvalue weighted by Crippen LogP contribution is -2.28. The van der Waals surface area contributed by atoms with Crippen LogP contribution in [0, 0.1) is 0 Å². The third-order valence-corrected chi connectivity index (χ3v) is 4.79. The molecule has 1 fully saturated rings. The number of hydrogen-bond acceptors (Lipinski definition) is 2. The Morgan fingerprint density at radius 1 is 1.14 bits per heavy atom. The van der Waals surface area contributed by atoms with Crippen LogP contribution in [0.4, 0.5) is 0 Å². The van der Waals surface area contributed by atoms with Gasteiger partial charge in [0.1, 0.15) is 5.60 Å². The number of ether oxygens (including phenoxy) is 1. The predicted molar refractivity (Wildman–Crippen MR) is 93.4 cm³/mol. The highest BCUT2D eigenvalue weighted by Gasteiger charge is 2.32. The van der Waals surface area contributed by atoms with E-state index in [0.29, 0.717) is 5.56 Å². The van der Waals surface area contributed by atoms with Crippen LogP contribution in [0.2, 0.25) is 0 Å². The van der Waals surface area contributed by atoms with E-state index in [0.717, 1.165) is 32.1 Å². The van der Waals surface area contributed by atoms with E-state index in [1.807, 2.05) is 32.9 Å². The van der Waals surface area contributed by atoms with E-state index in [4.69, 9.17) is 4.74 Å². The molecular weight excluding hydrogens is 272 g/mol. The number of esters is 1. The Bertz CT molecular complexity index is 465. The maximum atomic E-state index is 12.2. The van der Waals surface area contributed by atoms with Crippen LogP contribution in [0.25, 0.3) is 0 Å². The van der Waals surface area contributed by atoms with Gasteiger partial charge in [0.25, 0.3) is 0 Å². The quantitative estimate of drug-likeness (QED) is 0.648. The topological polar surface area (TPSA) is 26.3 Å².